The summed E-state index contributed by atoms with van der Waals surface area (Å²) in [5.41, 5.74) is 0.514. The van der Waals surface area contributed by atoms with E-state index in [9.17, 15) is 14.0 Å². The van der Waals surface area contributed by atoms with Crippen LogP contribution in [0.3, 0.4) is 0 Å². The second-order valence-electron chi connectivity index (χ2n) is 7.75. The van der Waals surface area contributed by atoms with E-state index in [2.05, 4.69) is 5.32 Å². The zero-order valence-corrected chi connectivity index (χ0v) is 17.9. The molecule has 2 amide bonds. The summed E-state index contributed by atoms with van der Waals surface area (Å²) in [6.45, 7) is 5.16. The van der Waals surface area contributed by atoms with Crippen LogP contribution >= 0.6 is 11.3 Å². The summed E-state index contributed by atoms with van der Waals surface area (Å²) < 4.78 is 19.0. The van der Waals surface area contributed by atoms with Crippen LogP contribution in [0.1, 0.15) is 38.5 Å². The monoisotopic (exact) mass is 418 g/mol. The lowest BCUT2D eigenvalue weighted by Crippen LogP contribution is -2.52. The lowest BCUT2D eigenvalue weighted by Gasteiger charge is -2.30. The highest BCUT2D eigenvalue weighted by atomic mass is 32.1. The third kappa shape index (κ3) is 5.42. The Bertz CT molecular complexity index is 878. The molecule has 1 saturated heterocycles. The smallest absolute Gasteiger partial charge is 0.254 e. The average Bonchev–Trinajstić information content (AvgIpc) is 3.25. The standard InChI is InChI=1S/C22H27FN2O3S/c1-15-10-17(12-18(23)11-15)21(27)25-8-6-22(14-25,7-9-28-3)24-20(26)13-19-5-4-16(2)29-19/h4-5,10-12H,6-9,13-14H2,1-3H3,(H,24,26). The van der Waals surface area contributed by atoms with Crippen LogP contribution in [-0.2, 0) is 16.0 Å². The van der Waals surface area contributed by atoms with Gasteiger partial charge in [-0.05, 0) is 62.6 Å². The molecule has 156 valence electrons. The fraction of sp³-hybridized carbons (Fsp3) is 0.455. The van der Waals surface area contributed by atoms with Crippen molar-refractivity contribution in [1.29, 1.82) is 0 Å². The molecule has 5 nitrogen and oxygen atoms in total. The van der Waals surface area contributed by atoms with Crippen molar-refractivity contribution in [3.05, 3.63) is 57.0 Å². The summed E-state index contributed by atoms with van der Waals surface area (Å²) in [7, 11) is 1.62. The van der Waals surface area contributed by atoms with Crippen LogP contribution in [0, 0.1) is 19.7 Å². The first-order valence-electron chi connectivity index (χ1n) is 9.72. The molecule has 29 heavy (non-hydrogen) atoms. The molecular weight excluding hydrogens is 391 g/mol. The Kier molecular flexibility index (Phi) is 6.70. The van der Waals surface area contributed by atoms with E-state index in [-0.39, 0.29) is 11.8 Å². The number of likely N-dealkylation sites (tertiary alicyclic amines) is 1. The van der Waals surface area contributed by atoms with E-state index < -0.39 is 11.4 Å². The van der Waals surface area contributed by atoms with Crippen LogP contribution in [0.5, 0.6) is 0 Å². The van der Waals surface area contributed by atoms with Crippen LogP contribution in [0.2, 0.25) is 0 Å². The van der Waals surface area contributed by atoms with Crippen LogP contribution in [0.15, 0.2) is 30.3 Å². The number of carbonyl (C=O) groups is 2. The van der Waals surface area contributed by atoms with Crippen LogP contribution in [0.4, 0.5) is 4.39 Å². The SMILES string of the molecule is COCCC1(NC(=O)Cc2ccc(C)s2)CCN(C(=O)c2cc(C)cc(F)c2)C1. The molecule has 0 aliphatic carbocycles. The van der Waals surface area contributed by atoms with Gasteiger partial charge >= 0.3 is 0 Å². The molecule has 1 aliphatic rings. The predicted molar refractivity (Wildman–Crippen MR) is 112 cm³/mol. The first-order chi connectivity index (χ1) is 13.8. The fourth-order valence-corrected chi connectivity index (χ4v) is 4.72. The maximum atomic E-state index is 13.7. The molecular formula is C22H27FN2O3S. The maximum Gasteiger partial charge on any atom is 0.254 e. The molecule has 2 aromatic rings. The first-order valence-corrected chi connectivity index (χ1v) is 10.5. The van der Waals surface area contributed by atoms with E-state index in [1.807, 2.05) is 19.1 Å². The number of amides is 2. The molecule has 1 fully saturated rings. The van der Waals surface area contributed by atoms with Crippen LogP contribution in [-0.4, -0.2) is 49.1 Å². The molecule has 1 aromatic carbocycles. The van der Waals surface area contributed by atoms with Gasteiger partial charge in [0.25, 0.3) is 5.91 Å². The van der Waals surface area contributed by atoms with Crippen molar-refractivity contribution in [2.75, 3.05) is 26.8 Å². The maximum absolute atomic E-state index is 13.7. The van der Waals surface area contributed by atoms with Crippen LogP contribution in [0.25, 0.3) is 0 Å². The Morgan fingerprint density at radius 2 is 2.07 bits per heavy atom. The van der Waals surface area contributed by atoms with Gasteiger partial charge in [-0.2, -0.15) is 0 Å². The van der Waals surface area contributed by atoms with Gasteiger partial charge in [-0.15, -0.1) is 11.3 Å². The number of rotatable bonds is 7. The zero-order valence-electron chi connectivity index (χ0n) is 17.1. The number of nitrogens with zero attached hydrogens (tertiary/aromatic N) is 1. The summed E-state index contributed by atoms with van der Waals surface area (Å²) >= 11 is 1.61. The summed E-state index contributed by atoms with van der Waals surface area (Å²) in [6.07, 6.45) is 1.58. The van der Waals surface area contributed by atoms with Crippen molar-refractivity contribution in [2.45, 2.75) is 38.6 Å². The number of ether oxygens (including phenoxy) is 1. The second-order valence-corrected chi connectivity index (χ2v) is 9.13. The van der Waals surface area contributed by atoms with Crippen molar-refractivity contribution in [2.24, 2.45) is 0 Å². The third-order valence-electron chi connectivity index (χ3n) is 5.25. The number of methoxy groups -OCH3 is 1. The van der Waals surface area contributed by atoms with Gasteiger partial charge in [0, 0.05) is 42.1 Å². The van der Waals surface area contributed by atoms with Crippen molar-refractivity contribution < 1.29 is 18.7 Å². The number of aryl methyl sites for hydroxylation is 2. The molecule has 1 aliphatic heterocycles. The molecule has 2 heterocycles. The van der Waals surface area contributed by atoms with Crippen LogP contribution < -0.4 is 5.32 Å². The number of halogens is 1. The van der Waals surface area contributed by atoms with E-state index in [4.69, 9.17) is 4.74 Å². The molecule has 0 bridgehead atoms. The molecule has 1 unspecified atom stereocenters. The van der Waals surface area contributed by atoms with Gasteiger partial charge < -0.3 is 15.0 Å². The van der Waals surface area contributed by atoms with Gasteiger partial charge in [0.2, 0.25) is 5.91 Å². The fourth-order valence-electron chi connectivity index (χ4n) is 3.83. The van der Waals surface area contributed by atoms with Gasteiger partial charge in [-0.3, -0.25) is 9.59 Å². The Labute approximate surface area is 174 Å². The number of thiophene rings is 1. The minimum atomic E-state index is -0.530. The molecule has 0 radical (unpaired) electrons. The first kappa shape index (κ1) is 21.5. The highest BCUT2D eigenvalue weighted by molar-refractivity contribution is 7.12. The normalized spacial score (nSPS) is 18.8. The van der Waals surface area contributed by atoms with Crippen molar-refractivity contribution in [1.82, 2.24) is 10.2 Å². The predicted octanol–water partition coefficient (Wildman–Crippen LogP) is 3.48. The lowest BCUT2D eigenvalue weighted by atomic mass is 9.94. The zero-order chi connectivity index (χ0) is 21.0. The van der Waals surface area contributed by atoms with Gasteiger partial charge in [0.1, 0.15) is 5.82 Å². The Morgan fingerprint density at radius 1 is 1.28 bits per heavy atom. The minimum Gasteiger partial charge on any atom is -0.385 e. The molecule has 7 heteroatoms. The summed E-state index contributed by atoms with van der Waals surface area (Å²) in [6, 6.07) is 8.33. The lowest BCUT2D eigenvalue weighted by molar-refractivity contribution is -0.122. The highest BCUT2D eigenvalue weighted by Gasteiger charge is 2.41. The number of hydrogen-bond acceptors (Lipinski definition) is 4. The van der Waals surface area contributed by atoms with E-state index in [0.717, 1.165) is 4.88 Å². The highest BCUT2D eigenvalue weighted by Crippen LogP contribution is 2.27. The van der Waals surface area contributed by atoms with Crippen molar-refractivity contribution in [3.8, 4) is 0 Å². The molecule has 0 spiro atoms. The van der Waals surface area contributed by atoms with Gasteiger partial charge in [-0.1, -0.05) is 0 Å². The second kappa shape index (κ2) is 9.05. The third-order valence-corrected chi connectivity index (χ3v) is 6.25. The van der Waals surface area contributed by atoms with E-state index >= 15 is 0 Å². The minimum absolute atomic E-state index is 0.0566. The summed E-state index contributed by atoms with van der Waals surface area (Å²) in [5.74, 6) is -0.688. The quantitative estimate of drug-likeness (QED) is 0.749. The Balaban J connectivity index is 1.71. The number of nitrogens with one attached hydrogen (secondary N) is 1. The summed E-state index contributed by atoms with van der Waals surface area (Å²) in [5, 5.41) is 3.16. The van der Waals surface area contributed by atoms with Crippen molar-refractivity contribution in [3.63, 3.8) is 0 Å². The van der Waals surface area contributed by atoms with Gasteiger partial charge in [-0.25, -0.2) is 4.39 Å². The molecule has 1 N–H and O–H groups in total. The molecule has 1 aromatic heterocycles. The number of hydrogen-bond donors (Lipinski definition) is 1. The average molecular weight is 419 g/mol. The number of carbonyl (C=O) groups excluding carboxylic acids is 2. The topological polar surface area (TPSA) is 58.6 Å². The molecule has 1 atom stereocenters. The van der Waals surface area contributed by atoms with Crippen molar-refractivity contribution >= 4 is 23.2 Å². The Hall–Kier alpha value is -2.25. The number of benzene rings is 1. The van der Waals surface area contributed by atoms with Gasteiger partial charge in [0.15, 0.2) is 0 Å². The van der Waals surface area contributed by atoms with E-state index in [1.54, 1.807) is 36.3 Å². The molecule has 0 saturated carbocycles. The largest absolute Gasteiger partial charge is 0.385 e. The molecule has 3 rings (SSSR count). The van der Waals surface area contributed by atoms with E-state index in [0.29, 0.717) is 50.1 Å². The Morgan fingerprint density at radius 3 is 2.72 bits per heavy atom. The van der Waals surface area contributed by atoms with E-state index in [1.165, 1.54) is 17.0 Å². The van der Waals surface area contributed by atoms with Gasteiger partial charge in [0.05, 0.1) is 12.0 Å². The summed E-state index contributed by atoms with van der Waals surface area (Å²) in [4.78, 5) is 29.5.